The summed E-state index contributed by atoms with van der Waals surface area (Å²) >= 11 is 0. The van der Waals surface area contributed by atoms with Crippen LogP contribution in [0, 0.1) is 5.82 Å². The highest BCUT2D eigenvalue weighted by molar-refractivity contribution is 5.84. The second kappa shape index (κ2) is 6.32. The number of aromatic nitrogens is 2. The van der Waals surface area contributed by atoms with Crippen molar-refractivity contribution in [1.82, 2.24) is 14.7 Å². The highest BCUT2D eigenvalue weighted by atomic mass is 19.1. The summed E-state index contributed by atoms with van der Waals surface area (Å²) in [6.45, 7) is 2.40. The predicted molar refractivity (Wildman–Crippen MR) is 106 cm³/mol. The van der Waals surface area contributed by atoms with Crippen molar-refractivity contribution in [3.8, 4) is 11.1 Å². The summed E-state index contributed by atoms with van der Waals surface area (Å²) in [5, 5.41) is 5.34. The lowest BCUT2D eigenvalue weighted by Crippen LogP contribution is -2.16. The van der Waals surface area contributed by atoms with Crippen LogP contribution in [-0.2, 0) is 26.7 Å². The van der Waals surface area contributed by atoms with E-state index in [1.165, 1.54) is 11.1 Å². The molecule has 2 heterocycles. The van der Waals surface area contributed by atoms with E-state index in [4.69, 9.17) is 0 Å². The summed E-state index contributed by atoms with van der Waals surface area (Å²) in [6, 6.07) is 20.1. The number of fused-ring (bicyclic) bond motifs is 2. The van der Waals surface area contributed by atoms with Crippen molar-refractivity contribution in [3.05, 3.63) is 89.4 Å². The smallest absolute Gasteiger partial charge is 0.128 e. The number of aryl methyl sites for hydroxylation is 1. The fourth-order valence-corrected chi connectivity index (χ4v) is 3.95. The first kappa shape index (κ1) is 16.2. The lowest BCUT2D eigenvalue weighted by Gasteiger charge is -2.16. The van der Waals surface area contributed by atoms with E-state index in [2.05, 4.69) is 40.3 Å². The Morgan fingerprint density at radius 2 is 1.63 bits per heavy atom. The average Bonchev–Trinajstić information content (AvgIpc) is 3.26. The van der Waals surface area contributed by atoms with Gasteiger partial charge >= 0.3 is 0 Å². The molecule has 1 aliphatic rings. The van der Waals surface area contributed by atoms with Crippen molar-refractivity contribution in [2.45, 2.75) is 19.6 Å². The third kappa shape index (κ3) is 2.92. The normalized spacial score (nSPS) is 14.0. The molecule has 0 amide bonds. The van der Waals surface area contributed by atoms with E-state index < -0.39 is 0 Å². The summed E-state index contributed by atoms with van der Waals surface area (Å²) in [7, 11) is 1.92. The summed E-state index contributed by atoms with van der Waals surface area (Å²) in [5.41, 5.74) is 6.42. The molecule has 134 valence electrons. The van der Waals surface area contributed by atoms with Crippen molar-refractivity contribution < 1.29 is 4.39 Å². The Morgan fingerprint density at radius 3 is 2.37 bits per heavy atom. The molecule has 0 aliphatic carbocycles. The molecule has 1 aromatic heterocycles. The van der Waals surface area contributed by atoms with E-state index in [0.717, 1.165) is 40.7 Å². The minimum absolute atomic E-state index is 0.144. The lowest BCUT2D eigenvalue weighted by molar-refractivity contribution is 0.271. The van der Waals surface area contributed by atoms with Gasteiger partial charge in [-0.3, -0.25) is 9.58 Å². The molecule has 0 atom stereocenters. The maximum absolute atomic E-state index is 14.8. The van der Waals surface area contributed by atoms with E-state index in [-0.39, 0.29) is 5.82 Å². The molecule has 0 N–H and O–H groups in total. The maximum Gasteiger partial charge on any atom is 0.128 e. The number of hydrogen-bond acceptors (Lipinski definition) is 2. The number of benzene rings is 3. The molecular formula is C23H20FN3. The van der Waals surface area contributed by atoms with Crippen LogP contribution in [0.15, 0.2) is 66.9 Å². The molecule has 3 nitrogen and oxygen atoms in total. The second-order valence-corrected chi connectivity index (χ2v) is 7.26. The molecule has 4 aromatic rings. The molecule has 0 saturated carbocycles. The molecule has 0 saturated heterocycles. The van der Waals surface area contributed by atoms with Crippen molar-refractivity contribution >= 4 is 10.9 Å². The molecule has 0 radical (unpaired) electrons. The van der Waals surface area contributed by atoms with Gasteiger partial charge in [0.1, 0.15) is 5.82 Å². The SMILES string of the molecule is Cn1ncc2cc(-c3ccc(CN4Cc5ccccc5C4)c(F)c3)ccc21. The third-order valence-electron chi connectivity index (χ3n) is 5.43. The zero-order valence-corrected chi connectivity index (χ0v) is 15.2. The van der Waals surface area contributed by atoms with E-state index in [1.807, 2.05) is 42.2 Å². The minimum atomic E-state index is -0.144. The highest BCUT2D eigenvalue weighted by Crippen LogP contribution is 2.28. The minimum Gasteiger partial charge on any atom is -0.290 e. The monoisotopic (exact) mass is 357 g/mol. The molecule has 4 heteroatoms. The van der Waals surface area contributed by atoms with E-state index in [1.54, 1.807) is 6.07 Å². The van der Waals surface area contributed by atoms with Crippen LogP contribution in [0.3, 0.4) is 0 Å². The molecule has 27 heavy (non-hydrogen) atoms. The molecule has 0 fully saturated rings. The summed E-state index contributed by atoms with van der Waals surface area (Å²) < 4.78 is 16.6. The van der Waals surface area contributed by atoms with Gasteiger partial charge in [-0.1, -0.05) is 42.5 Å². The third-order valence-corrected chi connectivity index (χ3v) is 5.43. The van der Waals surface area contributed by atoms with Gasteiger partial charge in [0.15, 0.2) is 0 Å². The van der Waals surface area contributed by atoms with Gasteiger partial charge in [-0.15, -0.1) is 0 Å². The van der Waals surface area contributed by atoms with Crippen LogP contribution in [0.4, 0.5) is 4.39 Å². The van der Waals surface area contributed by atoms with Gasteiger partial charge in [0.05, 0.1) is 11.7 Å². The van der Waals surface area contributed by atoms with Gasteiger partial charge in [-0.05, 0) is 40.5 Å². The Bertz CT molecular complexity index is 1120. The van der Waals surface area contributed by atoms with Crippen molar-refractivity contribution in [2.24, 2.45) is 7.05 Å². The topological polar surface area (TPSA) is 21.1 Å². The van der Waals surface area contributed by atoms with Gasteiger partial charge in [0.25, 0.3) is 0 Å². The highest BCUT2D eigenvalue weighted by Gasteiger charge is 2.19. The molecule has 3 aromatic carbocycles. The maximum atomic E-state index is 14.8. The van der Waals surface area contributed by atoms with Crippen LogP contribution < -0.4 is 0 Å². The van der Waals surface area contributed by atoms with Gasteiger partial charge in [0, 0.05) is 37.6 Å². The van der Waals surface area contributed by atoms with Crippen LogP contribution in [0.1, 0.15) is 16.7 Å². The Kier molecular flexibility index (Phi) is 3.80. The van der Waals surface area contributed by atoms with Crippen LogP contribution in [0.25, 0.3) is 22.0 Å². The predicted octanol–water partition coefficient (Wildman–Crippen LogP) is 4.90. The molecule has 0 bridgehead atoms. The van der Waals surface area contributed by atoms with Gasteiger partial charge in [-0.25, -0.2) is 4.39 Å². The second-order valence-electron chi connectivity index (χ2n) is 7.26. The van der Waals surface area contributed by atoms with E-state index >= 15 is 0 Å². The van der Waals surface area contributed by atoms with Crippen molar-refractivity contribution in [2.75, 3.05) is 0 Å². The zero-order valence-electron chi connectivity index (χ0n) is 15.2. The standard InChI is InChI=1S/C23H20FN3/c1-26-23-9-8-16(10-21(23)12-25-26)17-6-7-20(22(24)11-17)15-27-13-18-4-2-3-5-19(18)14-27/h2-12H,13-15H2,1H3. The Morgan fingerprint density at radius 1 is 0.926 bits per heavy atom. The fraction of sp³-hybridized carbons (Fsp3) is 0.174. The van der Waals surface area contributed by atoms with Crippen LogP contribution in [0.2, 0.25) is 0 Å². The summed E-state index contributed by atoms with van der Waals surface area (Å²) in [6.07, 6.45) is 1.84. The summed E-state index contributed by atoms with van der Waals surface area (Å²) in [4.78, 5) is 2.28. The average molecular weight is 357 g/mol. The summed E-state index contributed by atoms with van der Waals surface area (Å²) in [5.74, 6) is -0.144. The first-order chi connectivity index (χ1) is 13.2. The lowest BCUT2D eigenvalue weighted by atomic mass is 10.0. The molecule has 1 aliphatic heterocycles. The first-order valence-electron chi connectivity index (χ1n) is 9.17. The number of hydrogen-bond donors (Lipinski definition) is 0. The largest absolute Gasteiger partial charge is 0.290 e. The van der Waals surface area contributed by atoms with Gasteiger partial charge in [0.2, 0.25) is 0 Å². The quantitative estimate of drug-likeness (QED) is 0.520. The molecule has 0 unspecified atom stereocenters. The number of rotatable bonds is 3. The zero-order chi connectivity index (χ0) is 18.4. The van der Waals surface area contributed by atoms with Crippen molar-refractivity contribution in [3.63, 3.8) is 0 Å². The van der Waals surface area contributed by atoms with E-state index in [0.29, 0.717) is 6.54 Å². The van der Waals surface area contributed by atoms with Crippen LogP contribution >= 0.6 is 0 Å². The Labute approximate surface area is 157 Å². The van der Waals surface area contributed by atoms with Crippen LogP contribution in [-0.4, -0.2) is 14.7 Å². The molecular weight excluding hydrogens is 337 g/mol. The van der Waals surface area contributed by atoms with Gasteiger partial charge < -0.3 is 0 Å². The molecule has 5 rings (SSSR count). The van der Waals surface area contributed by atoms with Crippen molar-refractivity contribution in [1.29, 1.82) is 0 Å². The molecule has 0 spiro atoms. The number of halogens is 1. The van der Waals surface area contributed by atoms with Gasteiger partial charge in [-0.2, -0.15) is 5.10 Å². The van der Waals surface area contributed by atoms with Crippen LogP contribution in [0.5, 0.6) is 0 Å². The Hall–Kier alpha value is -2.98. The van der Waals surface area contributed by atoms with E-state index in [9.17, 15) is 4.39 Å². The fourth-order valence-electron chi connectivity index (χ4n) is 3.95. The number of nitrogens with zero attached hydrogens (tertiary/aromatic N) is 3. The Balaban J connectivity index is 1.39. The first-order valence-corrected chi connectivity index (χ1v) is 9.17.